The van der Waals surface area contributed by atoms with Crippen LogP contribution in [0.25, 0.3) is 0 Å². The molecule has 0 unspecified atom stereocenters. The Kier molecular flexibility index (Phi) is 5.87. The third kappa shape index (κ3) is 4.22. The molecule has 0 aliphatic carbocycles. The average Bonchev–Trinajstić information content (AvgIpc) is 3.08. The molecule has 2 atom stereocenters. The van der Waals surface area contributed by atoms with Gasteiger partial charge in [-0.05, 0) is 19.3 Å². The number of unbranched alkanes of at least 4 members (excludes halogenated alkanes) is 2. The van der Waals surface area contributed by atoms with Gasteiger partial charge in [0.25, 0.3) is 5.91 Å². The van der Waals surface area contributed by atoms with E-state index in [0.717, 1.165) is 30.7 Å². The van der Waals surface area contributed by atoms with Gasteiger partial charge in [0, 0.05) is 13.0 Å². The number of hydrogen-bond acceptors (Lipinski definition) is 6. The highest BCUT2D eigenvalue weighted by Crippen LogP contribution is 2.22. The summed E-state index contributed by atoms with van der Waals surface area (Å²) in [5.41, 5.74) is 5.53. The van der Waals surface area contributed by atoms with E-state index in [0.29, 0.717) is 11.7 Å². The molecule has 0 radical (unpaired) electrons. The van der Waals surface area contributed by atoms with Crippen LogP contribution in [-0.2, 0) is 16.0 Å². The Bertz CT molecular complexity index is 438. The smallest absolute Gasteiger partial charge is 0.255 e. The Morgan fingerprint density at radius 2 is 2.30 bits per heavy atom. The summed E-state index contributed by atoms with van der Waals surface area (Å²) in [6.07, 6.45) is 5.57. The van der Waals surface area contributed by atoms with E-state index in [-0.39, 0.29) is 12.0 Å². The number of rotatable bonds is 7. The third-order valence-corrected chi connectivity index (χ3v) is 4.25. The molecule has 1 fully saturated rings. The Labute approximate surface area is 123 Å². The predicted octanol–water partition coefficient (Wildman–Crippen LogP) is 1.72. The first-order valence-corrected chi connectivity index (χ1v) is 8.03. The van der Waals surface area contributed by atoms with Gasteiger partial charge in [0.05, 0.1) is 6.10 Å². The van der Waals surface area contributed by atoms with Crippen molar-refractivity contribution in [3.63, 3.8) is 0 Å². The van der Waals surface area contributed by atoms with Crippen molar-refractivity contribution in [1.82, 2.24) is 10.2 Å². The molecule has 0 saturated carbocycles. The summed E-state index contributed by atoms with van der Waals surface area (Å²) < 4.78 is 5.55. The van der Waals surface area contributed by atoms with Gasteiger partial charge in [0.1, 0.15) is 11.1 Å². The summed E-state index contributed by atoms with van der Waals surface area (Å²) in [6, 6.07) is 0. The number of aromatic nitrogens is 2. The second-order valence-electron chi connectivity index (χ2n) is 5.01. The zero-order valence-corrected chi connectivity index (χ0v) is 12.6. The highest BCUT2D eigenvalue weighted by molar-refractivity contribution is 7.15. The minimum Gasteiger partial charge on any atom is -0.364 e. The minimum atomic E-state index is -0.406. The molecule has 0 aromatic carbocycles. The van der Waals surface area contributed by atoms with Crippen molar-refractivity contribution in [3.05, 3.63) is 5.01 Å². The summed E-state index contributed by atoms with van der Waals surface area (Å²) in [7, 11) is 0. The van der Waals surface area contributed by atoms with Crippen LogP contribution >= 0.6 is 11.3 Å². The van der Waals surface area contributed by atoms with Crippen molar-refractivity contribution >= 4 is 22.4 Å². The number of nitrogens with two attached hydrogens (primary N) is 1. The van der Waals surface area contributed by atoms with Gasteiger partial charge in [0.2, 0.25) is 5.13 Å². The van der Waals surface area contributed by atoms with Crippen LogP contribution in [0.1, 0.15) is 44.0 Å². The molecular weight excluding hydrogens is 276 g/mol. The summed E-state index contributed by atoms with van der Waals surface area (Å²) in [5.74, 6) is -0.141. The van der Waals surface area contributed by atoms with E-state index in [1.807, 2.05) is 0 Å². The SMILES string of the molecule is CCCCCc1nnc(NC(=O)[C@@H]2CC[C@H](CN)O2)s1. The first kappa shape index (κ1) is 15.3. The molecule has 1 aromatic rings. The van der Waals surface area contributed by atoms with Crippen LogP contribution < -0.4 is 11.1 Å². The number of carbonyl (C=O) groups excluding carboxylic acids is 1. The van der Waals surface area contributed by atoms with Gasteiger partial charge in [0.15, 0.2) is 0 Å². The second-order valence-corrected chi connectivity index (χ2v) is 6.07. The molecule has 6 nitrogen and oxygen atoms in total. The number of hydrogen-bond donors (Lipinski definition) is 2. The van der Waals surface area contributed by atoms with Crippen LogP contribution in [0.4, 0.5) is 5.13 Å². The lowest BCUT2D eigenvalue weighted by molar-refractivity contribution is -0.126. The van der Waals surface area contributed by atoms with Crippen molar-refractivity contribution in [2.24, 2.45) is 5.73 Å². The van der Waals surface area contributed by atoms with E-state index in [1.165, 1.54) is 24.2 Å². The molecule has 0 spiro atoms. The van der Waals surface area contributed by atoms with Crippen LogP contribution in [0.3, 0.4) is 0 Å². The monoisotopic (exact) mass is 298 g/mol. The lowest BCUT2D eigenvalue weighted by atomic mass is 10.2. The van der Waals surface area contributed by atoms with Crippen LogP contribution in [0.5, 0.6) is 0 Å². The molecule has 3 N–H and O–H groups in total. The maximum absolute atomic E-state index is 12.0. The zero-order chi connectivity index (χ0) is 14.4. The van der Waals surface area contributed by atoms with E-state index in [9.17, 15) is 4.79 Å². The number of anilines is 1. The Hall–Kier alpha value is -1.05. The van der Waals surface area contributed by atoms with Gasteiger partial charge in [-0.3, -0.25) is 10.1 Å². The summed E-state index contributed by atoms with van der Waals surface area (Å²) in [4.78, 5) is 12.0. The summed E-state index contributed by atoms with van der Waals surface area (Å²) >= 11 is 1.44. The van der Waals surface area contributed by atoms with Gasteiger partial charge in [-0.25, -0.2) is 0 Å². The van der Waals surface area contributed by atoms with E-state index in [4.69, 9.17) is 10.5 Å². The number of nitrogens with one attached hydrogen (secondary N) is 1. The van der Waals surface area contributed by atoms with Crippen LogP contribution in [-0.4, -0.2) is 34.9 Å². The Morgan fingerprint density at radius 3 is 3.00 bits per heavy atom. The summed E-state index contributed by atoms with van der Waals surface area (Å²) in [6.45, 7) is 2.63. The van der Waals surface area contributed by atoms with Gasteiger partial charge in [-0.2, -0.15) is 0 Å². The van der Waals surface area contributed by atoms with E-state index < -0.39 is 6.10 Å². The van der Waals surface area contributed by atoms with E-state index in [1.54, 1.807) is 0 Å². The second kappa shape index (κ2) is 7.66. The lowest BCUT2D eigenvalue weighted by Crippen LogP contribution is -2.29. The Balaban J connectivity index is 1.79. The molecule has 1 aliphatic rings. The maximum atomic E-state index is 12.0. The van der Waals surface area contributed by atoms with Crippen LogP contribution in [0, 0.1) is 0 Å². The maximum Gasteiger partial charge on any atom is 0.255 e. The van der Waals surface area contributed by atoms with Crippen molar-refractivity contribution in [3.8, 4) is 0 Å². The molecule has 1 saturated heterocycles. The fourth-order valence-electron chi connectivity index (χ4n) is 2.19. The van der Waals surface area contributed by atoms with Crippen LogP contribution in [0.2, 0.25) is 0 Å². The lowest BCUT2D eigenvalue weighted by Gasteiger charge is -2.10. The van der Waals surface area contributed by atoms with Gasteiger partial charge in [-0.15, -0.1) is 10.2 Å². The average molecular weight is 298 g/mol. The first-order chi connectivity index (χ1) is 9.72. The molecule has 2 heterocycles. The topological polar surface area (TPSA) is 90.1 Å². The highest BCUT2D eigenvalue weighted by Gasteiger charge is 2.30. The summed E-state index contributed by atoms with van der Waals surface area (Å²) in [5, 5.41) is 12.4. The largest absolute Gasteiger partial charge is 0.364 e. The third-order valence-electron chi connectivity index (χ3n) is 3.35. The van der Waals surface area contributed by atoms with Gasteiger partial charge in [-0.1, -0.05) is 31.1 Å². The van der Waals surface area contributed by atoms with Crippen molar-refractivity contribution < 1.29 is 9.53 Å². The molecule has 1 aromatic heterocycles. The molecule has 1 aliphatic heterocycles. The number of amides is 1. The van der Waals surface area contributed by atoms with Gasteiger partial charge < -0.3 is 10.5 Å². The zero-order valence-electron chi connectivity index (χ0n) is 11.8. The fraction of sp³-hybridized carbons (Fsp3) is 0.769. The van der Waals surface area contributed by atoms with Crippen molar-refractivity contribution in [2.75, 3.05) is 11.9 Å². The molecule has 112 valence electrons. The molecule has 7 heteroatoms. The number of aryl methyl sites for hydroxylation is 1. The molecule has 1 amide bonds. The number of ether oxygens (including phenoxy) is 1. The first-order valence-electron chi connectivity index (χ1n) is 7.21. The number of carbonyl (C=O) groups is 1. The molecule has 2 rings (SSSR count). The van der Waals surface area contributed by atoms with Crippen molar-refractivity contribution in [2.45, 2.75) is 57.7 Å². The molecule has 0 bridgehead atoms. The normalized spacial score (nSPS) is 22.1. The standard InChI is InChI=1S/C13H22N4O2S/c1-2-3-4-5-11-16-17-13(20-11)15-12(18)10-7-6-9(8-14)19-10/h9-10H,2-8,14H2,1H3,(H,15,17,18)/t9-,10+/m1/s1. The number of nitrogens with zero attached hydrogens (tertiary/aromatic N) is 2. The highest BCUT2D eigenvalue weighted by atomic mass is 32.1. The fourth-order valence-corrected chi connectivity index (χ4v) is 2.97. The van der Waals surface area contributed by atoms with Crippen LogP contribution in [0.15, 0.2) is 0 Å². The van der Waals surface area contributed by atoms with E-state index in [2.05, 4.69) is 22.4 Å². The predicted molar refractivity (Wildman–Crippen MR) is 78.7 cm³/mol. The Morgan fingerprint density at radius 1 is 1.45 bits per heavy atom. The molecular formula is C13H22N4O2S. The van der Waals surface area contributed by atoms with Gasteiger partial charge >= 0.3 is 0 Å². The van der Waals surface area contributed by atoms with E-state index >= 15 is 0 Å². The quantitative estimate of drug-likeness (QED) is 0.748. The minimum absolute atomic E-state index is 0.00442. The van der Waals surface area contributed by atoms with Crippen molar-refractivity contribution in [1.29, 1.82) is 0 Å². The molecule has 20 heavy (non-hydrogen) atoms.